The second kappa shape index (κ2) is 9.79. The Balaban J connectivity index is 1.71. The van der Waals surface area contributed by atoms with E-state index in [9.17, 15) is 9.59 Å². The van der Waals surface area contributed by atoms with Gasteiger partial charge in [0, 0.05) is 0 Å². The summed E-state index contributed by atoms with van der Waals surface area (Å²) in [6.07, 6.45) is 1.75. The van der Waals surface area contributed by atoms with Gasteiger partial charge in [0.25, 0.3) is 5.91 Å². The smallest absolute Gasteiger partial charge is 0.341 e. The van der Waals surface area contributed by atoms with Crippen LogP contribution in [0.15, 0.2) is 52.4 Å². The molecule has 9 heteroatoms. The molecule has 1 saturated heterocycles. The Morgan fingerprint density at radius 3 is 2.66 bits per heavy atom. The number of hydrogen-bond acceptors (Lipinski definition) is 6. The number of rotatable bonds is 7. The van der Waals surface area contributed by atoms with E-state index in [1.165, 1.54) is 11.8 Å². The summed E-state index contributed by atoms with van der Waals surface area (Å²) in [5.41, 5.74) is 1.52. The molecular weight excluding hydrogens is 507 g/mol. The molecular formula is C20H17IN2O5S. The van der Waals surface area contributed by atoms with Gasteiger partial charge in [0.15, 0.2) is 11.8 Å². The third-order valence-electron chi connectivity index (χ3n) is 3.63. The minimum Gasteiger partial charge on any atom is -0.494 e. The number of hydrogen-bond donors (Lipinski definition) is 2. The molecule has 1 aliphatic heterocycles. The zero-order valence-electron chi connectivity index (χ0n) is 15.3. The average Bonchev–Trinajstić information content (AvgIpc) is 3.01. The predicted molar refractivity (Wildman–Crippen MR) is 121 cm³/mol. The Labute approximate surface area is 185 Å². The molecule has 29 heavy (non-hydrogen) atoms. The van der Waals surface area contributed by atoms with Crippen LogP contribution in [0.4, 0.5) is 5.69 Å². The van der Waals surface area contributed by atoms with Gasteiger partial charge < -0.3 is 19.9 Å². The molecule has 3 rings (SSSR count). The second-order valence-electron chi connectivity index (χ2n) is 5.78. The van der Waals surface area contributed by atoms with Crippen LogP contribution in [0.1, 0.15) is 12.5 Å². The molecule has 1 heterocycles. The van der Waals surface area contributed by atoms with Crippen molar-refractivity contribution in [2.75, 3.05) is 13.2 Å². The van der Waals surface area contributed by atoms with Crippen LogP contribution in [0.5, 0.6) is 11.5 Å². The SMILES string of the molecule is CCOc1ccc(N=C2NC(=O)/C(=C\c3ccc(OCC(=O)O)c(I)c3)S2)cc1. The summed E-state index contributed by atoms with van der Waals surface area (Å²) >= 11 is 3.32. The maximum Gasteiger partial charge on any atom is 0.341 e. The van der Waals surface area contributed by atoms with Crippen molar-refractivity contribution >= 4 is 63.2 Å². The number of carbonyl (C=O) groups is 2. The first-order valence-electron chi connectivity index (χ1n) is 8.61. The van der Waals surface area contributed by atoms with Gasteiger partial charge in [0.1, 0.15) is 11.5 Å². The number of ether oxygens (including phenoxy) is 2. The van der Waals surface area contributed by atoms with Crippen LogP contribution < -0.4 is 14.8 Å². The highest BCUT2D eigenvalue weighted by molar-refractivity contribution is 14.1. The third-order valence-corrected chi connectivity index (χ3v) is 5.39. The molecule has 0 unspecified atom stereocenters. The maximum absolute atomic E-state index is 12.3. The number of amidine groups is 1. The van der Waals surface area contributed by atoms with E-state index < -0.39 is 12.6 Å². The van der Waals surface area contributed by atoms with Crippen molar-refractivity contribution in [3.63, 3.8) is 0 Å². The van der Waals surface area contributed by atoms with E-state index in [0.29, 0.717) is 28.1 Å². The molecule has 1 fully saturated rings. The number of aliphatic carboxylic acids is 1. The van der Waals surface area contributed by atoms with Gasteiger partial charge >= 0.3 is 5.97 Å². The van der Waals surface area contributed by atoms with Crippen molar-refractivity contribution in [1.29, 1.82) is 0 Å². The van der Waals surface area contributed by atoms with Crippen molar-refractivity contribution in [3.05, 3.63) is 56.5 Å². The molecule has 0 atom stereocenters. The fraction of sp³-hybridized carbons (Fsp3) is 0.150. The number of carboxylic acids is 1. The Bertz CT molecular complexity index is 989. The molecule has 1 amide bonds. The lowest BCUT2D eigenvalue weighted by Crippen LogP contribution is -2.19. The van der Waals surface area contributed by atoms with Crippen molar-refractivity contribution in [1.82, 2.24) is 5.32 Å². The van der Waals surface area contributed by atoms with Crippen LogP contribution >= 0.6 is 34.4 Å². The van der Waals surface area contributed by atoms with Gasteiger partial charge in [-0.05, 0) is 89.3 Å². The van der Waals surface area contributed by atoms with Gasteiger partial charge in [-0.25, -0.2) is 9.79 Å². The van der Waals surface area contributed by atoms with Crippen molar-refractivity contribution in [3.8, 4) is 11.5 Å². The van der Waals surface area contributed by atoms with Crippen LogP contribution in [-0.2, 0) is 9.59 Å². The van der Waals surface area contributed by atoms with Gasteiger partial charge in [0.05, 0.1) is 20.8 Å². The topological polar surface area (TPSA) is 97.2 Å². The summed E-state index contributed by atoms with van der Waals surface area (Å²) in [7, 11) is 0. The van der Waals surface area contributed by atoms with Crippen LogP contribution in [0.25, 0.3) is 6.08 Å². The minimum atomic E-state index is -1.04. The van der Waals surface area contributed by atoms with Gasteiger partial charge in [0.2, 0.25) is 0 Å². The van der Waals surface area contributed by atoms with E-state index in [1.807, 2.05) is 37.3 Å². The molecule has 0 aliphatic carbocycles. The molecule has 0 spiro atoms. The van der Waals surface area contributed by atoms with Crippen molar-refractivity contribution < 1.29 is 24.2 Å². The quantitative estimate of drug-likeness (QED) is 0.419. The maximum atomic E-state index is 12.3. The third kappa shape index (κ3) is 5.97. The predicted octanol–water partition coefficient (Wildman–Crippen LogP) is 4.04. The molecule has 7 nitrogen and oxygen atoms in total. The highest BCUT2D eigenvalue weighted by atomic mass is 127. The standard InChI is InChI=1S/C20H17IN2O5S/c1-2-27-14-6-4-13(5-7-14)22-20-23-19(26)17(29-20)10-12-3-8-16(15(21)9-12)28-11-18(24)25/h3-10H,2,11H2,1H3,(H,24,25)(H,22,23,26)/b17-10+. The van der Waals surface area contributed by atoms with E-state index in [0.717, 1.165) is 14.9 Å². The fourth-order valence-electron chi connectivity index (χ4n) is 2.40. The number of nitrogens with one attached hydrogen (secondary N) is 1. The first-order chi connectivity index (χ1) is 13.9. The molecule has 0 bridgehead atoms. The average molecular weight is 524 g/mol. The number of thioether (sulfide) groups is 1. The number of aliphatic imine (C=N–C) groups is 1. The number of amides is 1. The van der Waals surface area contributed by atoms with Crippen molar-refractivity contribution in [2.45, 2.75) is 6.92 Å². The molecule has 150 valence electrons. The zero-order valence-corrected chi connectivity index (χ0v) is 18.3. The molecule has 2 N–H and O–H groups in total. The first kappa shape index (κ1) is 21.2. The molecule has 2 aromatic carbocycles. The monoisotopic (exact) mass is 524 g/mol. The summed E-state index contributed by atoms with van der Waals surface area (Å²) in [4.78, 5) is 27.8. The van der Waals surface area contributed by atoms with Crippen LogP contribution in [0, 0.1) is 3.57 Å². The Morgan fingerprint density at radius 2 is 2.00 bits per heavy atom. The normalized spacial score (nSPS) is 16.1. The zero-order chi connectivity index (χ0) is 20.8. The summed E-state index contributed by atoms with van der Waals surface area (Å²) in [6, 6.07) is 12.6. The number of halogens is 1. The second-order valence-corrected chi connectivity index (χ2v) is 7.97. The number of carbonyl (C=O) groups excluding carboxylic acids is 1. The highest BCUT2D eigenvalue weighted by Gasteiger charge is 2.23. The summed E-state index contributed by atoms with van der Waals surface area (Å²) in [5, 5.41) is 12.0. The fourth-order valence-corrected chi connectivity index (χ4v) is 3.93. The Morgan fingerprint density at radius 1 is 1.24 bits per heavy atom. The highest BCUT2D eigenvalue weighted by Crippen LogP contribution is 2.30. The first-order valence-corrected chi connectivity index (χ1v) is 10.5. The lowest BCUT2D eigenvalue weighted by Gasteiger charge is -2.06. The molecule has 0 radical (unpaired) electrons. The molecule has 0 aromatic heterocycles. The molecule has 0 saturated carbocycles. The van der Waals surface area contributed by atoms with E-state index in [4.69, 9.17) is 14.6 Å². The largest absolute Gasteiger partial charge is 0.494 e. The van der Waals surface area contributed by atoms with E-state index >= 15 is 0 Å². The Kier molecular flexibility index (Phi) is 7.15. The number of benzene rings is 2. The number of carboxylic acid groups (broad SMARTS) is 1. The van der Waals surface area contributed by atoms with E-state index in [2.05, 4.69) is 32.9 Å². The molecule has 2 aromatic rings. The Hall–Kier alpha value is -2.53. The van der Waals surface area contributed by atoms with Gasteiger partial charge in [-0.3, -0.25) is 4.79 Å². The van der Waals surface area contributed by atoms with Crippen molar-refractivity contribution in [2.24, 2.45) is 4.99 Å². The van der Waals surface area contributed by atoms with Gasteiger partial charge in [-0.2, -0.15) is 0 Å². The minimum absolute atomic E-state index is 0.221. The molecule has 1 aliphatic rings. The van der Waals surface area contributed by atoms with Gasteiger partial charge in [-0.15, -0.1) is 0 Å². The summed E-state index contributed by atoms with van der Waals surface area (Å²) in [6.45, 7) is 2.12. The van der Waals surface area contributed by atoms with Crippen LogP contribution in [0.2, 0.25) is 0 Å². The lowest BCUT2D eigenvalue weighted by molar-refractivity contribution is -0.139. The lowest BCUT2D eigenvalue weighted by atomic mass is 10.2. The van der Waals surface area contributed by atoms with Crippen LogP contribution in [-0.4, -0.2) is 35.4 Å². The number of nitrogens with zero attached hydrogens (tertiary/aromatic N) is 1. The van der Waals surface area contributed by atoms with E-state index in [-0.39, 0.29) is 5.91 Å². The summed E-state index contributed by atoms with van der Waals surface area (Å²) < 4.78 is 11.4. The summed E-state index contributed by atoms with van der Waals surface area (Å²) in [5.74, 6) is -0.00628. The van der Waals surface area contributed by atoms with E-state index in [1.54, 1.807) is 18.2 Å². The van der Waals surface area contributed by atoms with Gasteiger partial charge in [-0.1, -0.05) is 6.07 Å². The van der Waals surface area contributed by atoms with Crippen LogP contribution in [0.3, 0.4) is 0 Å².